The first kappa shape index (κ1) is 12.5. The van der Waals surface area contributed by atoms with E-state index in [9.17, 15) is 9.90 Å². The number of hydrogen-bond acceptors (Lipinski definition) is 3. The number of benzene rings is 1. The lowest BCUT2D eigenvalue weighted by Gasteiger charge is -2.25. The van der Waals surface area contributed by atoms with Crippen LogP contribution < -0.4 is 4.90 Å². The van der Waals surface area contributed by atoms with E-state index < -0.39 is 0 Å². The molecule has 0 aliphatic carbocycles. The number of nitrogens with zero attached hydrogens (tertiary/aromatic N) is 2. The van der Waals surface area contributed by atoms with E-state index in [1.54, 1.807) is 0 Å². The first-order valence-electron chi connectivity index (χ1n) is 6.98. The Morgan fingerprint density at radius 3 is 2.68 bits per heavy atom. The average Bonchev–Trinajstić information content (AvgIpc) is 3.06. The molecule has 0 bridgehead atoms. The standard InChI is InChI=1S/C15H20N2O2/c18-11-12-8-15(19)17(9-12)14-6-7-16(10-14)13-4-2-1-3-5-13/h1-5,12,14,18H,6-11H2. The Morgan fingerprint density at radius 2 is 2.00 bits per heavy atom. The summed E-state index contributed by atoms with van der Waals surface area (Å²) in [5.74, 6) is 0.345. The van der Waals surface area contributed by atoms with E-state index in [2.05, 4.69) is 17.0 Å². The highest BCUT2D eigenvalue weighted by atomic mass is 16.3. The molecule has 19 heavy (non-hydrogen) atoms. The molecule has 2 fully saturated rings. The first-order valence-corrected chi connectivity index (χ1v) is 6.98. The van der Waals surface area contributed by atoms with Crippen molar-refractivity contribution in [3.8, 4) is 0 Å². The van der Waals surface area contributed by atoms with Crippen molar-refractivity contribution in [1.29, 1.82) is 0 Å². The topological polar surface area (TPSA) is 43.8 Å². The minimum absolute atomic E-state index is 0.122. The van der Waals surface area contributed by atoms with Crippen LogP contribution in [0.1, 0.15) is 12.8 Å². The zero-order chi connectivity index (χ0) is 13.2. The van der Waals surface area contributed by atoms with Gasteiger partial charge >= 0.3 is 0 Å². The molecule has 1 N–H and O–H groups in total. The summed E-state index contributed by atoms with van der Waals surface area (Å²) < 4.78 is 0. The van der Waals surface area contributed by atoms with Gasteiger partial charge in [0.2, 0.25) is 5.91 Å². The van der Waals surface area contributed by atoms with E-state index in [1.165, 1.54) is 5.69 Å². The Balaban J connectivity index is 1.65. The van der Waals surface area contributed by atoms with Gasteiger partial charge in [0.05, 0.1) is 6.04 Å². The van der Waals surface area contributed by atoms with Crippen LogP contribution in [-0.4, -0.2) is 48.2 Å². The maximum Gasteiger partial charge on any atom is 0.223 e. The van der Waals surface area contributed by atoms with Crippen LogP contribution in [0.5, 0.6) is 0 Å². The largest absolute Gasteiger partial charge is 0.396 e. The smallest absolute Gasteiger partial charge is 0.223 e. The third-order valence-electron chi connectivity index (χ3n) is 4.22. The second-order valence-electron chi connectivity index (χ2n) is 5.52. The number of amides is 1. The number of para-hydroxylation sites is 1. The number of carbonyl (C=O) groups is 1. The molecule has 102 valence electrons. The van der Waals surface area contributed by atoms with Gasteiger partial charge in [-0.25, -0.2) is 0 Å². The lowest BCUT2D eigenvalue weighted by Crippen LogP contribution is -2.38. The van der Waals surface area contributed by atoms with Crippen LogP contribution in [0.15, 0.2) is 30.3 Å². The number of hydrogen-bond donors (Lipinski definition) is 1. The molecular formula is C15H20N2O2. The number of likely N-dealkylation sites (tertiary alicyclic amines) is 1. The zero-order valence-corrected chi connectivity index (χ0v) is 11.0. The van der Waals surface area contributed by atoms with Gasteiger partial charge in [-0.15, -0.1) is 0 Å². The van der Waals surface area contributed by atoms with Crippen LogP contribution in [0.2, 0.25) is 0 Å². The predicted octanol–water partition coefficient (Wildman–Crippen LogP) is 1.11. The van der Waals surface area contributed by atoms with Crippen molar-refractivity contribution < 1.29 is 9.90 Å². The van der Waals surface area contributed by atoms with Gasteiger partial charge < -0.3 is 14.9 Å². The van der Waals surface area contributed by atoms with Gasteiger partial charge in [0.15, 0.2) is 0 Å². The summed E-state index contributed by atoms with van der Waals surface area (Å²) in [4.78, 5) is 16.3. The fraction of sp³-hybridized carbons (Fsp3) is 0.533. The van der Waals surface area contributed by atoms with Gasteiger partial charge in [-0.05, 0) is 18.6 Å². The minimum Gasteiger partial charge on any atom is -0.396 e. The molecule has 3 rings (SSSR count). The fourth-order valence-corrected chi connectivity index (χ4v) is 3.15. The molecule has 0 saturated carbocycles. The van der Waals surface area contributed by atoms with Crippen LogP contribution in [0.25, 0.3) is 0 Å². The molecule has 2 saturated heterocycles. The molecule has 2 atom stereocenters. The van der Waals surface area contributed by atoms with Crippen molar-refractivity contribution in [1.82, 2.24) is 4.90 Å². The number of anilines is 1. The molecule has 2 heterocycles. The van der Waals surface area contributed by atoms with Crippen LogP contribution in [0.3, 0.4) is 0 Å². The Bertz CT molecular complexity index is 449. The summed E-state index contributed by atoms with van der Waals surface area (Å²) in [7, 11) is 0. The number of rotatable bonds is 3. The Morgan fingerprint density at radius 1 is 1.21 bits per heavy atom. The highest BCUT2D eigenvalue weighted by molar-refractivity contribution is 5.79. The SMILES string of the molecule is O=C1CC(CO)CN1C1CCN(c2ccccc2)C1. The Kier molecular flexibility index (Phi) is 3.42. The number of aliphatic hydroxyl groups excluding tert-OH is 1. The van der Waals surface area contributed by atoms with Crippen molar-refractivity contribution >= 4 is 11.6 Å². The van der Waals surface area contributed by atoms with Crippen molar-refractivity contribution in [2.24, 2.45) is 5.92 Å². The average molecular weight is 260 g/mol. The van der Waals surface area contributed by atoms with Gasteiger partial charge in [0.1, 0.15) is 0 Å². The van der Waals surface area contributed by atoms with Gasteiger partial charge in [-0.1, -0.05) is 18.2 Å². The monoisotopic (exact) mass is 260 g/mol. The minimum atomic E-state index is 0.122. The molecular weight excluding hydrogens is 240 g/mol. The highest BCUT2D eigenvalue weighted by Gasteiger charge is 2.37. The maximum atomic E-state index is 12.0. The molecule has 0 aromatic heterocycles. The second kappa shape index (κ2) is 5.21. The van der Waals surface area contributed by atoms with E-state index in [4.69, 9.17) is 0 Å². The quantitative estimate of drug-likeness (QED) is 0.885. The van der Waals surface area contributed by atoms with E-state index >= 15 is 0 Å². The van der Waals surface area contributed by atoms with E-state index in [0.717, 1.165) is 26.1 Å². The van der Waals surface area contributed by atoms with Crippen molar-refractivity contribution in [3.63, 3.8) is 0 Å². The molecule has 4 heteroatoms. The van der Waals surface area contributed by atoms with E-state index in [0.29, 0.717) is 12.5 Å². The summed E-state index contributed by atoms with van der Waals surface area (Å²) in [6.07, 6.45) is 1.54. The first-order chi connectivity index (χ1) is 9.28. The summed E-state index contributed by atoms with van der Waals surface area (Å²) in [6, 6.07) is 10.7. The van der Waals surface area contributed by atoms with Crippen molar-refractivity contribution in [2.75, 3.05) is 31.1 Å². The van der Waals surface area contributed by atoms with Gasteiger partial charge in [0.25, 0.3) is 0 Å². The Labute approximate surface area is 113 Å². The fourth-order valence-electron chi connectivity index (χ4n) is 3.15. The lowest BCUT2D eigenvalue weighted by atomic mass is 10.1. The summed E-state index contributed by atoms with van der Waals surface area (Å²) in [5.41, 5.74) is 1.23. The molecule has 2 aliphatic rings. The molecule has 1 aromatic rings. The van der Waals surface area contributed by atoms with Crippen LogP contribution in [0, 0.1) is 5.92 Å². The molecule has 1 aromatic carbocycles. The molecule has 2 unspecified atom stereocenters. The number of aliphatic hydroxyl groups is 1. The summed E-state index contributed by atoms with van der Waals surface area (Å²) in [6.45, 7) is 2.76. The second-order valence-corrected chi connectivity index (χ2v) is 5.52. The summed E-state index contributed by atoms with van der Waals surface area (Å²) >= 11 is 0. The molecule has 0 radical (unpaired) electrons. The van der Waals surface area contributed by atoms with Crippen LogP contribution in [-0.2, 0) is 4.79 Å². The molecule has 2 aliphatic heterocycles. The van der Waals surface area contributed by atoms with E-state index in [-0.39, 0.29) is 18.4 Å². The van der Waals surface area contributed by atoms with Crippen molar-refractivity contribution in [2.45, 2.75) is 18.9 Å². The molecule has 0 spiro atoms. The number of carbonyl (C=O) groups excluding carboxylic acids is 1. The normalized spacial score (nSPS) is 27.3. The highest BCUT2D eigenvalue weighted by Crippen LogP contribution is 2.27. The summed E-state index contributed by atoms with van der Waals surface area (Å²) in [5, 5.41) is 9.19. The maximum absolute atomic E-state index is 12.0. The lowest BCUT2D eigenvalue weighted by molar-refractivity contribution is -0.129. The van der Waals surface area contributed by atoms with Gasteiger partial charge in [-0.3, -0.25) is 4.79 Å². The van der Waals surface area contributed by atoms with Gasteiger partial charge in [0, 0.05) is 44.3 Å². The third kappa shape index (κ3) is 2.45. The van der Waals surface area contributed by atoms with Crippen LogP contribution in [0.4, 0.5) is 5.69 Å². The van der Waals surface area contributed by atoms with Crippen molar-refractivity contribution in [3.05, 3.63) is 30.3 Å². The molecule has 1 amide bonds. The van der Waals surface area contributed by atoms with Gasteiger partial charge in [-0.2, -0.15) is 0 Å². The van der Waals surface area contributed by atoms with Crippen LogP contribution >= 0.6 is 0 Å². The van der Waals surface area contributed by atoms with E-state index in [1.807, 2.05) is 23.1 Å². The molecule has 4 nitrogen and oxygen atoms in total. The predicted molar refractivity (Wildman–Crippen MR) is 74.0 cm³/mol. The third-order valence-corrected chi connectivity index (χ3v) is 4.22. The Hall–Kier alpha value is -1.55. The zero-order valence-electron chi connectivity index (χ0n) is 11.0.